The van der Waals surface area contributed by atoms with E-state index in [9.17, 15) is 51.1 Å². The number of hydrogen-bond donors (Lipinski definition) is 11. The minimum absolute atomic E-state index is 0.0261. The molecule has 2 fully saturated rings. The lowest BCUT2D eigenvalue weighted by Gasteiger charge is -2.47. The van der Waals surface area contributed by atoms with Gasteiger partial charge in [0.25, 0.3) is 0 Å². The predicted molar refractivity (Wildman–Crippen MR) is 149 cm³/mol. The number of rotatable bonds is 9. The third-order valence-electron chi connectivity index (χ3n) is 8.13. The molecule has 0 aliphatic carbocycles. The Hall–Kier alpha value is -3.04. The van der Waals surface area contributed by atoms with Gasteiger partial charge in [0.05, 0.1) is 19.3 Å². The fourth-order valence-corrected chi connectivity index (χ4v) is 5.53. The van der Waals surface area contributed by atoms with E-state index in [1.54, 1.807) is 0 Å². The molecule has 2 aromatic rings. The van der Waals surface area contributed by atoms with Gasteiger partial charge < -0.3 is 84.6 Å². The molecule has 2 unspecified atom stereocenters. The van der Waals surface area contributed by atoms with Crippen LogP contribution in [0.25, 0.3) is 0 Å². The Labute approximate surface area is 261 Å². The maximum absolute atomic E-state index is 11.9. The molecule has 256 valence electrons. The molecule has 0 spiro atoms. The van der Waals surface area contributed by atoms with E-state index in [1.807, 2.05) is 0 Å². The number of hydrogen-bond acceptors (Lipinski definition) is 17. The summed E-state index contributed by atoms with van der Waals surface area (Å²) in [4.78, 5) is 0. The summed E-state index contributed by atoms with van der Waals surface area (Å²) in [5.74, 6) is -3.80. The van der Waals surface area contributed by atoms with Crippen LogP contribution >= 0.6 is 0 Å². The summed E-state index contributed by atoms with van der Waals surface area (Å²) >= 11 is 0. The van der Waals surface area contributed by atoms with E-state index >= 15 is 0 Å². The van der Waals surface area contributed by atoms with Crippen molar-refractivity contribution in [3.05, 3.63) is 41.5 Å². The first kappa shape index (κ1) is 34.3. The molecule has 17 heteroatoms. The first-order valence-electron chi connectivity index (χ1n) is 14.4. The van der Waals surface area contributed by atoms with Gasteiger partial charge in [-0.15, -0.1) is 0 Å². The van der Waals surface area contributed by atoms with Gasteiger partial charge in [-0.2, -0.15) is 0 Å². The van der Waals surface area contributed by atoms with Crippen molar-refractivity contribution >= 4 is 0 Å². The van der Waals surface area contributed by atoms with E-state index in [-0.39, 0.29) is 41.6 Å². The number of benzene rings is 2. The minimum atomic E-state index is -2.52. The molecule has 46 heavy (non-hydrogen) atoms. The van der Waals surface area contributed by atoms with Gasteiger partial charge in [0.1, 0.15) is 66.6 Å². The van der Waals surface area contributed by atoms with Gasteiger partial charge in [0.15, 0.2) is 30.2 Å². The van der Waals surface area contributed by atoms with E-state index in [4.69, 9.17) is 33.5 Å². The molecule has 2 aromatic carbocycles. The normalized spacial score (nSPS) is 37.7. The largest absolute Gasteiger partial charge is 0.507 e. The molecule has 0 radical (unpaired) electrons. The highest BCUT2D eigenvalue weighted by atomic mass is 16.8. The predicted octanol–water partition coefficient (Wildman–Crippen LogP) is -2.79. The molecule has 3 aliphatic rings. The number of aliphatic hydroxyl groups is 8. The highest BCUT2D eigenvalue weighted by Gasteiger charge is 2.53. The molecule has 12 atom stereocenters. The molecule has 5 rings (SSSR count). The van der Waals surface area contributed by atoms with E-state index in [2.05, 4.69) is 0 Å². The molecule has 2 saturated heterocycles. The molecule has 0 bridgehead atoms. The summed E-state index contributed by atoms with van der Waals surface area (Å²) in [6.45, 7) is 0.440. The first-order chi connectivity index (χ1) is 21.7. The zero-order valence-corrected chi connectivity index (χ0v) is 24.4. The van der Waals surface area contributed by atoms with Gasteiger partial charge in [-0.3, -0.25) is 0 Å². The van der Waals surface area contributed by atoms with Crippen LogP contribution in [0.3, 0.4) is 0 Å². The molecule has 0 aromatic heterocycles. The van der Waals surface area contributed by atoms with Crippen LogP contribution in [-0.2, 0) is 25.4 Å². The Morgan fingerprint density at radius 1 is 0.804 bits per heavy atom. The Balaban J connectivity index is 1.41. The van der Waals surface area contributed by atoms with Gasteiger partial charge in [-0.1, -0.05) is 6.07 Å². The van der Waals surface area contributed by atoms with E-state index in [0.717, 1.165) is 12.1 Å². The zero-order chi connectivity index (χ0) is 33.5. The Bertz CT molecular complexity index is 1360. The standard InChI is InChI=1S/C29H38O17/c1-11-20(34)22(36)24(38)27(43-11)42-10-19-21(35)23(37)25(39)28(45-19)46-29(40)9-14-16(32)7-13(41-5-4-30)8-18(14)44-26(29)12-2-3-15(31)17(33)6-12/h2-3,6-8,11,19-28,30-40H,4-5,9-10H2,1H3/t11-,19-,20-,21-,22+,23+,24+,25-,26?,27+,28+,29?/m1/s1. The van der Waals surface area contributed by atoms with E-state index < -0.39 is 97.8 Å². The topological polar surface area (TPSA) is 278 Å². The van der Waals surface area contributed by atoms with Crippen LogP contribution in [0.15, 0.2) is 30.3 Å². The maximum Gasteiger partial charge on any atom is 0.214 e. The van der Waals surface area contributed by atoms with Crippen molar-refractivity contribution in [2.45, 2.75) is 86.6 Å². The molecule has 0 saturated carbocycles. The van der Waals surface area contributed by atoms with Crippen molar-refractivity contribution in [3.8, 4) is 28.7 Å². The van der Waals surface area contributed by atoms with Crippen LogP contribution < -0.4 is 9.47 Å². The molecular formula is C29H38O17. The minimum Gasteiger partial charge on any atom is -0.507 e. The highest BCUT2D eigenvalue weighted by Crippen LogP contribution is 2.48. The lowest BCUT2D eigenvalue weighted by molar-refractivity contribution is -0.383. The van der Waals surface area contributed by atoms with Crippen molar-refractivity contribution in [3.63, 3.8) is 0 Å². The number of fused-ring (bicyclic) bond motifs is 1. The number of ether oxygens (including phenoxy) is 6. The Morgan fingerprint density at radius 2 is 1.50 bits per heavy atom. The number of phenolic OH excluding ortho intramolecular Hbond substituents is 3. The fraction of sp³-hybridized carbons (Fsp3) is 0.586. The second-order valence-electron chi connectivity index (χ2n) is 11.4. The second kappa shape index (κ2) is 13.6. The Kier molecular flexibility index (Phi) is 10.1. The smallest absolute Gasteiger partial charge is 0.214 e. The molecule has 11 N–H and O–H groups in total. The summed E-state index contributed by atoms with van der Waals surface area (Å²) < 4.78 is 33.8. The molecule has 3 aliphatic heterocycles. The lowest BCUT2D eigenvalue weighted by Crippen LogP contribution is -2.63. The second-order valence-corrected chi connectivity index (χ2v) is 11.4. The van der Waals surface area contributed by atoms with Crippen molar-refractivity contribution < 1.29 is 84.6 Å². The van der Waals surface area contributed by atoms with E-state index in [0.29, 0.717) is 0 Å². The summed E-state index contributed by atoms with van der Waals surface area (Å²) in [7, 11) is 0. The number of aliphatic hydroxyl groups excluding tert-OH is 7. The third-order valence-corrected chi connectivity index (χ3v) is 8.13. The summed E-state index contributed by atoms with van der Waals surface area (Å²) in [5, 5.41) is 114. The van der Waals surface area contributed by atoms with Crippen LogP contribution in [0.2, 0.25) is 0 Å². The molecule has 3 heterocycles. The van der Waals surface area contributed by atoms with Gasteiger partial charge in [0.2, 0.25) is 5.79 Å². The van der Waals surface area contributed by atoms with Crippen molar-refractivity contribution in [1.82, 2.24) is 0 Å². The monoisotopic (exact) mass is 658 g/mol. The molecular weight excluding hydrogens is 620 g/mol. The Morgan fingerprint density at radius 3 is 2.20 bits per heavy atom. The zero-order valence-electron chi connectivity index (χ0n) is 24.4. The number of phenols is 3. The van der Waals surface area contributed by atoms with Gasteiger partial charge in [-0.25, -0.2) is 0 Å². The van der Waals surface area contributed by atoms with Crippen LogP contribution in [-0.4, -0.2) is 143 Å². The van der Waals surface area contributed by atoms with Crippen molar-refractivity contribution in [1.29, 1.82) is 0 Å². The fourth-order valence-electron chi connectivity index (χ4n) is 5.53. The summed E-state index contributed by atoms with van der Waals surface area (Å²) in [5.41, 5.74) is 0.0934. The van der Waals surface area contributed by atoms with Gasteiger partial charge in [0, 0.05) is 29.7 Å². The summed E-state index contributed by atoms with van der Waals surface area (Å²) in [6, 6.07) is 6.11. The first-order valence-corrected chi connectivity index (χ1v) is 14.4. The van der Waals surface area contributed by atoms with Crippen molar-refractivity contribution in [2.75, 3.05) is 19.8 Å². The lowest BCUT2D eigenvalue weighted by atomic mass is 9.90. The van der Waals surface area contributed by atoms with Crippen LogP contribution in [0.5, 0.6) is 28.7 Å². The third kappa shape index (κ3) is 6.68. The van der Waals surface area contributed by atoms with Crippen molar-refractivity contribution in [2.24, 2.45) is 0 Å². The SMILES string of the molecule is C[C@H]1O[C@H](OC[C@H]2O[C@@H](OC3(O)Cc4c(O)cc(OCCO)cc4OC3c3ccc(O)c(O)c3)[C@H](O)[C@@H](O)[C@@H]2O)[C@@H](O)[C@@H](O)[C@@H]1O. The molecule has 0 amide bonds. The van der Waals surface area contributed by atoms with Crippen LogP contribution in [0, 0.1) is 0 Å². The van der Waals surface area contributed by atoms with Crippen LogP contribution in [0.4, 0.5) is 0 Å². The number of aromatic hydroxyl groups is 3. The van der Waals surface area contributed by atoms with Gasteiger partial charge >= 0.3 is 0 Å². The van der Waals surface area contributed by atoms with Gasteiger partial charge in [-0.05, 0) is 19.1 Å². The maximum atomic E-state index is 11.9. The average Bonchev–Trinajstić information content (AvgIpc) is 3.02. The molecule has 17 nitrogen and oxygen atoms in total. The van der Waals surface area contributed by atoms with E-state index in [1.165, 1.54) is 25.1 Å². The quantitative estimate of drug-likeness (QED) is 0.0959. The van der Waals surface area contributed by atoms with Crippen LogP contribution in [0.1, 0.15) is 24.2 Å². The highest BCUT2D eigenvalue weighted by molar-refractivity contribution is 5.53. The average molecular weight is 659 g/mol. The summed E-state index contributed by atoms with van der Waals surface area (Å²) in [6.07, 6.45) is -18.1.